The molecule has 0 saturated heterocycles. The highest BCUT2D eigenvalue weighted by atomic mass is 32.2. The maximum atomic E-state index is 14.9. The van der Waals surface area contributed by atoms with Crippen molar-refractivity contribution in [1.82, 2.24) is 47.9 Å². The first-order valence-electron chi connectivity index (χ1n) is 29.9. The van der Waals surface area contributed by atoms with Crippen molar-refractivity contribution in [3.8, 4) is 5.75 Å². The number of carbonyl (C=O) groups is 13. The lowest BCUT2D eigenvalue weighted by atomic mass is 9.96. The number of nitrogens with two attached hydrogens (primary N) is 2. The SMILES string of the molecule is CC[C@H](C)[C@H](NC(=O)[C@H](CCSC)NC(=O)[C@@H](N)CC(=O)O)C(=O)N[C@@H](Cc1ccccc1)C(=O)N[C@@H](CC(N)=O)C(=O)N[C@@H](Cc1ccccc1)C(=O)N[C@@H](Cc1ccc(O)cc1)C(=O)N[C@@H](Cc1ccccc1)C(=O)N[C@@H](CC(=O)O)C(=O)N[C@H](C(=O)O)C(C)C. The Morgan fingerprint density at radius 1 is 0.419 bits per heavy atom. The van der Waals surface area contributed by atoms with E-state index >= 15 is 0 Å². The first-order valence-corrected chi connectivity index (χ1v) is 31.3. The minimum atomic E-state index is -1.85. The van der Waals surface area contributed by atoms with Gasteiger partial charge in [-0.1, -0.05) is 137 Å². The Balaban J connectivity index is 1.72. The lowest BCUT2D eigenvalue weighted by molar-refractivity contribution is -0.144. The maximum Gasteiger partial charge on any atom is 0.326 e. The van der Waals surface area contributed by atoms with E-state index in [4.69, 9.17) is 11.5 Å². The van der Waals surface area contributed by atoms with Gasteiger partial charge in [0.15, 0.2) is 0 Å². The summed E-state index contributed by atoms with van der Waals surface area (Å²) in [6.45, 7) is 6.38. The first-order chi connectivity index (χ1) is 44.1. The van der Waals surface area contributed by atoms with Crippen LogP contribution in [0.25, 0.3) is 0 Å². The number of carboxylic acids is 3. The average molecular weight is 1310 g/mol. The summed E-state index contributed by atoms with van der Waals surface area (Å²) in [6, 6.07) is 14.5. The molecule has 0 aliphatic heterocycles. The smallest absolute Gasteiger partial charge is 0.326 e. The third-order valence-corrected chi connectivity index (χ3v) is 15.4. The van der Waals surface area contributed by atoms with Crippen molar-refractivity contribution < 1.29 is 82.8 Å². The van der Waals surface area contributed by atoms with E-state index in [1.807, 2.05) is 0 Å². The molecule has 93 heavy (non-hydrogen) atoms. The van der Waals surface area contributed by atoms with Crippen molar-refractivity contribution in [2.24, 2.45) is 23.3 Å². The van der Waals surface area contributed by atoms with Crippen LogP contribution in [0.15, 0.2) is 115 Å². The number of thioether (sulfide) groups is 1. The van der Waals surface area contributed by atoms with Crippen molar-refractivity contribution in [3.05, 3.63) is 138 Å². The van der Waals surface area contributed by atoms with Gasteiger partial charge in [0.2, 0.25) is 59.1 Å². The fraction of sp³-hybridized carbons (Fsp3) is 0.422. The molecule has 0 heterocycles. The van der Waals surface area contributed by atoms with Gasteiger partial charge in [0, 0.05) is 25.7 Å². The number of phenolic OH excluding ortho intramolecular Hbond substituents is 1. The Hall–Kier alpha value is -9.90. The van der Waals surface area contributed by atoms with Crippen LogP contribution in [0.2, 0.25) is 0 Å². The zero-order chi connectivity index (χ0) is 68.9. The van der Waals surface area contributed by atoms with Gasteiger partial charge < -0.3 is 79.7 Å². The van der Waals surface area contributed by atoms with Gasteiger partial charge in [-0.2, -0.15) is 11.8 Å². The molecule has 0 fully saturated rings. The highest BCUT2D eigenvalue weighted by Crippen LogP contribution is 2.16. The molecule has 4 aromatic rings. The summed E-state index contributed by atoms with van der Waals surface area (Å²) in [6.07, 6.45) is -1.60. The molecule has 0 aliphatic rings. The van der Waals surface area contributed by atoms with Crippen LogP contribution in [0.1, 0.15) is 82.1 Å². The minimum Gasteiger partial charge on any atom is -0.508 e. The van der Waals surface area contributed by atoms with Gasteiger partial charge in [-0.3, -0.25) is 57.5 Å². The Morgan fingerprint density at radius 2 is 0.753 bits per heavy atom. The fourth-order valence-corrected chi connectivity index (χ4v) is 9.93. The number of amides is 10. The van der Waals surface area contributed by atoms with Crippen LogP contribution in [0.5, 0.6) is 5.75 Å². The van der Waals surface area contributed by atoms with E-state index in [0.717, 1.165) is 0 Å². The van der Waals surface area contributed by atoms with Crippen LogP contribution in [-0.2, 0) is 88.0 Å². The molecule has 10 amide bonds. The second-order valence-electron chi connectivity index (χ2n) is 22.6. The number of phenols is 1. The minimum absolute atomic E-state index is 0.0531. The van der Waals surface area contributed by atoms with E-state index in [0.29, 0.717) is 34.4 Å². The van der Waals surface area contributed by atoms with E-state index in [-0.39, 0.29) is 37.9 Å². The predicted octanol–water partition coefficient (Wildman–Crippen LogP) is -0.282. The van der Waals surface area contributed by atoms with Crippen molar-refractivity contribution >= 4 is 88.7 Å². The lowest BCUT2D eigenvalue weighted by Gasteiger charge is -2.29. The van der Waals surface area contributed by atoms with E-state index in [2.05, 4.69) is 47.9 Å². The van der Waals surface area contributed by atoms with E-state index in [9.17, 15) is 82.8 Å². The quantitative estimate of drug-likeness (QED) is 0.0273. The Labute approximate surface area is 541 Å². The Morgan fingerprint density at radius 3 is 1.12 bits per heavy atom. The molecule has 11 atom stereocenters. The molecule has 0 radical (unpaired) electrons. The van der Waals surface area contributed by atoms with Gasteiger partial charge in [0.25, 0.3) is 0 Å². The van der Waals surface area contributed by atoms with Crippen LogP contribution in [0.3, 0.4) is 0 Å². The largest absolute Gasteiger partial charge is 0.508 e. The van der Waals surface area contributed by atoms with E-state index in [1.165, 1.54) is 49.9 Å². The number of rotatable bonds is 39. The number of carbonyl (C=O) groups excluding carboxylic acids is 10. The van der Waals surface area contributed by atoms with Crippen molar-refractivity contribution in [3.63, 3.8) is 0 Å². The van der Waals surface area contributed by atoms with E-state index < -0.39 is 168 Å². The number of hydrogen-bond donors (Lipinski definition) is 15. The average Bonchev–Trinajstić information content (AvgIpc) is 3.69. The monoisotopic (exact) mass is 1310 g/mol. The number of aliphatic carboxylic acids is 3. The summed E-state index contributed by atoms with van der Waals surface area (Å²) >= 11 is 1.35. The molecule has 0 saturated carbocycles. The van der Waals surface area contributed by atoms with Crippen LogP contribution in [0.4, 0.5) is 0 Å². The zero-order valence-electron chi connectivity index (χ0n) is 52.1. The van der Waals surface area contributed by atoms with Crippen molar-refractivity contribution in [1.29, 1.82) is 0 Å². The third kappa shape index (κ3) is 26.1. The highest BCUT2D eigenvalue weighted by molar-refractivity contribution is 7.98. The van der Waals surface area contributed by atoms with Gasteiger partial charge in [-0.05, 0) is 64.7 Å². The molecule has 0 aromatic heterocycles. The molecule has 0 unspecified atom stereocenters. The second-order valence-corrected chi connectivity index (χ2v) is 23.5. The number of benzene rings is 4. The molecule has 4 aromatic carbocycles. The van der Waals surface area contributed by atoms with Gasteiger partial charge in [0.1, 0.15) is 60.1 Å². The molecule has 0 spiro atoms. The lowest BCUT2D eigenvalue weighted by Crippen LogP contribution is -2.62. The molecular weight excluding hydrogens is 1230 g/mol. The number of primary amides is 1. The summed E-state index contributed by atoms with van der Waals surface area (Å²) in [7, 11) is 0. The molecule has 28 nitrogen and oxygen atoms in total. The van der Waals surface area contributed by atoms with Gasteiger partial charge in [0.05, 0.1) is 25.3 Å². The summed E-state index contributed by atoms with van der Waals surface area (Å²) in [5.41, 5.74) is 13.3. The number of hydrogen-bond acceptors (Lipinski definition) is 16. The summed E-state index contributed by atoms with van der Waals surface area (Å²) in [5.74, 6) is -15.5. The second kappa shape index (κ2) is 38.1. The third-order valence-electron chi connectivity index (χ3n) is 14.8. The van der Waals surface area contributed by atoms with Crippen LogP contribution in [-0.4, -0.2) is 170 Å². The summed E-state index contributed by atoms with van der Waals surface area (Å²) in [5, 5.41) is 61.6. The number of aromatic hydroxyl groups is 1. The van der Waals surface area contributed by atoms with Gasteiger partial charge >= 0.3 is 17.9 Å². The number of nitrogens with one attached hydrogen (secondary N) is 9. The van der Waals surface area contributed by atoms with Crippen LogP contribution in [0, 0.1) is 11.8 Å². The van der Waals surface area contributed by atoms with Crippen LogP contribution >= 0.6 is 11.8 Å². The maximum absolute atomic E-state index is 14.9. The Bertz CT molecular complexity index is 3220. The van der Waals surface area contributed by atoms with Crippen molar-refractivity contribution in [2.75, 3.05) is 12.0 Å². The zero-order valence-corrected chi connectivity index (χ0v) is 52.9. The molecule has 0 aliphatic carbocycles. The molecule has 502 valence electrons. The van der Waals surface area contributed by atoms with Crippen molar-refractivity contribution in [2.45, 2.75) is 146 Å². The van der Waals surface area contributed by atoms with Gasteiger partial charge in [-0.15, -0.1) is 0 Å². The Kier molecular flexibility index (Phi) is 30.9. The summed E-state index contributed by atoms with van der Waals surface area (Å²) < 4.78 is 0. The van der Waals surface area contributed by atoms with Gasteiger partial charge in [-0.25, -0.2) is 4.79 Å². The van der Waals surface area contributed by atoms with Crippen LogP contribution < -0.4 is 59.3 Å². The molecular formula is C64H83N11O17S. The number of carboxylic acid groups (broad SMARTS) is 3. The van der Waals surface area contributed by atoms with E-state index in [1.54, 1.807) is 111 Å². The predicted molar refractivity (Wildman–Crippen MR) is 341 cm³/mol. The molecule has 4 rings (SSSR count). The standard InChI is InChI=1S/C64H83N11O17S/c1-6-36(4)54(75-56(83)43(26-27-93-5)67-55(82)42(65)32-51(78)79)63(90)73-47(30-39-20-14-9-15-21-39)60(87)71-48(33-50(66)77)61(88)70-44(28-37-16-10-7-11-17-37)57(84)69-46(31-40-22-24-41(76)25-23-40)58(85)68-45(29-38-18-12-8-13-19-38)59(86)72-49(34-52(80)81)62(89)74-53(35(2)3)64(91)92/h7-25,35-36,42-49,53-54,76H,6,26-34,65H2,1-5H3,(H2,66,77)(H,67,82)(H,68,85)(H,69,84)(H,70,88)(H,71,87)(H,72,86)(H,73,90)(H,74,89)(H,75,83)(H,78,79)(H,80,81)(H,91,92)/t36-,42-,43-,44-,45-,46-,47-,48-,49-,53-,54-/m0/s1. The highest BCUT2D eigenvalue weighted by Gasteiger charge is 2.38. The fourth-order valence-electron chi connectivity index (χ4n) is 9.46. The molecule has 0 bridgehead atoms. The normalized spacial score (nSPS) is 14.6. The summed E-state index contributed by atoms with van der Waals surface area (Å²) in [4.78, 5) is 176. The molecule has 29 heteroatoms. The topological polar surface area (TPSA) is 463 Å². The molecule has 17 N–H and O–H groups in total. The first kappa shape index (κ1) is 75.6.